The maximum Gasteiger partial charge on any atom is 0.0961 e. The Bertz CT molecular complexity index is 485. The van der Waals surface area contributed by atoms with Crippen LogP contribution < -0.4 is 0 Å². The molecule has 0 radical (unpaired) electrons. The normalized spacial score (nSPS) is 10.7. The van der Waals surface area contributed by atoms with Gasteiger partial charge in [-0.2, -0.15) is 0 Å². The molecule has 0 saturated heterocycles. The number of thioether (sulfide) groups is 1. The Labute approximate surface area is 87.4 Å². The van der Waals surface area contributed by atoms with Crippen LogP contribution in [0.25, 0.3) is 10.9 Å². The summed E-state index contributed by atoms with van der Waals surface area (Å²) in [5.74, 6) is 0. The smallest absolute Gasteiger partial charge is 0.0961 e. The molecule has 1 heterocycles. The lowest BCUT2D eigenvalue weighted by Crippen LogP contribution is -1.89. The Hall–Kier alpha value is -1.22. The third-order valence-electron chi connectivity index (χ3n) is 2.35. The van der Waals surface area contributed by atoms with Gasteiger partial charge in [0.1, 0.15) is 0 Å². The highest BCUT2D eigenvalue weighted by Crippen LogP contribution is 2.23. The van der Waals surface area contributed by atoms with Gasteiger partial charge < -0.3 is 4.57 Å². The van der Waals surface area contributed by atoms with Crippen molar-refractivity contribution in [2.75, 3.05) is 6.26 Å². The fourth-order valence-electron chi connectivity index (χ4n) is 1.63. The van der Waals surface area contributed by atoms with E-state index in [0.29, 0.717) is 5.04 Å². The summed E-state index contributed by atoms with van der Waals surface area (Å²) >= 11 is 1.48. The van der Waals surface area contributed by atoms with Crippen molar-refractivity contribution in [2.24, 2.45) is 7.05 Å². The number of para-hydroxylation sites is 1. The van der Waals surface area contributed by atoms with Crippen LogP contribution in [0.15, 0.2) is 30.5 Å². The zero-order valence-electron chi connectivity index (χ0n) is 8.24. The van der Waals surface area contributed by atoms with Gasteiger partial charge in [0, 0.05) is 29.7 Å². The van der Waals surface area contributed by atoms with E-state index in [1.807, 2.05) is 31.6 Å². The quantitative estimate of drug-likeness (QED) is 0.561. The first kappa shape index (κ1) is 9.34. The van der Waals surface area contributed by atoms with Gasteiger partial charge in [0.05, 0.1) is 5.04 Å². The predicted molar refractivity (Wildman–Crippen MR) is 63.3 cm³/mol. The van der Waals surface area contributed by atoms with E-state index < -0.39 is 0 Å². The Kier molecular flexibility index (Phi) is 2.33. The summed E-state index contributed by atoms with van der Waals surface area (Å²) < 4.78 is 2.06. The standard InChI is InChI=1S/C11H12N2S/c1-13-7-9(11(12)14-2)8-5-3-4-6-10(8)13/h3-7,12H,1-2H3. The summed E-state index contributed by atoms with van der Waals surface area (Å²) in [6.07, 6.45) is 3.95. The van der Waals surface area contributed by atoms with E-state index in [1.165, 1.54) is 17.3 Å². The van der Waals surface area contributed by atoms with Crippen LogP contribution in [0.3, 0.4) is 0 Å². The molecule has 0 fully saturated rings. The van der Waals surface area contributed by atoms with Crippen LogP contribution in [0.4, 0.5) is 0 Å². The second-order valence-corrected chi connectivity index (χ2v) is 4.02. The van der Waals surface area contributed by atoms with Gasteiger partial charge in [-0.1, -0.05) is 18.2 Å². The van der Waals surface area contributed by atoms with Crippen molar-refractivity contribution in [3.05, 3.63) is 36.0 Å². The summed E-state index contributed by atoms with van der Waals surface area (Å²) in [7, 11) is 2.01. The van der Waals surface area contributed by atoms with Gasteiger partial charge in [-0.15, -0.1) is 11.8 Å². The first-order chi connectivity index (χ1) is 6.74. The molecule has 1 aromatic heterocycles. The summed E-state index contributed by atoms with van der Waals surface area (Å²) in [4.78, 5) is 0. The molecule has 0 amide bonds. The molecule has 1 N–H and O–H groups in total. The summed E-state index contributed by atoms with van der Waals surface area (Å²) in [5.41, 5.74) is 2.21. The van der Waals surface area contributed by atoms with E-state index in [0.717, 1.165) is 10.9 Å². The minimum atomic E-state index is 0.627. The third kappa shape index (κ3) is 1.34. The van der Waals surface area contributed by atoms with Crippen molar-refractivity contribution in [1.82, 2.24) is 4.57 Å². The van der Waals surface area contributed by atoms with E-state index in [2.05, 4.69) is 16.7 Å². The maximum atomic E-state index is 7.82. The second kappa shape index (κ2) is 3.50. The average Bonchev–Trinajstić information content (AvgIpc) is 2.56. The number of aryl methyl sites for hydroxylation is 1. The number of fused-ring (bicyclic) bond motifs is 1. The zero-order chi connectivity index (χ0) is 10.1. The SMILES string of the molecule is CSC(=N)c1cn(C)c2ccccc12. The van der Waals surface area contributed by atoms with Crippen LogP contribution in [0.1, 0.15) is 5.56 Å². The Morgan fingerprint density at radius 3 is 2.79 bits per heavy atom. The minimum absolute atomic E-state index is 0.627. The highest BCUT2D eigenvalue weighted by Gasteiger charge is 2.08. The molecular weight excluding hydrogens is 192 g/mol. The van der Waals surface area contributed by atoms with Crippen LogP contribution in [-0.2, 0) is 7.05 Å². The molecule has 14 heavy (non-hydrogen) atoms. The number of nitrogens with zero attached hydrogens (tertiary/aromatic N) is 1. The van der Waals surface area contributed by atoms with Crippen LogP contribution in [0, 0.1) is 5.41 Å². The van der Waals surface area contributed by atoms with Crippen LogP contribution >= 0.6 is 11.8 Å². The van der Waals surface area contributed by atoms with Gasteiger partial charge in [0.25, 0.3) is 0 Å². The lowest BCUT2D eigenvalue weighted by molar-refractivity contribution is 0.968. The number of nitrogens with one attached hydrogen (secondary N) is 1. The summed E-state index contributed by atoms with van der Waals surface area (Å²) in [6.45, 7) is 0. The van der Waals surface area contributed by atoms with E-state index in [-0.39, 0.29) is 0 Å². The second-order valence-electron chi connectivity index (χ2n) is 3.20. The fraction of sp³-hybridized carbons (Fsp3) is 0.182. The van der Waals surface area contributed by atoms with Crippen LogP contribution in [-0.4, -0.2) is 15.9 Å². The molecule has 2 rings (SSSR count). The lowest BCUT2D eigenvalue weighted by Gasteiger charge is -1.96. The molecule has 2 aromatic rings. The van der Waals surface area contributed by atoms with Crippen molar-refractivity contribution in [3.8, 4) is 0 Å². The van der Waals surface area contributed by atoms with Crippen LogP contribution in [0.2, 0.25) is 0 Å². The predicted octanol–water partition coefficient (Wildman–Crippen LogP) is 2.87. The number of hydrogen-bond donors (Lipinski definition) is 1. The molecule has 0 saturated carbocycles. The highest BCUT2D eigenvalue weighted by atomic mass is 32.2. The van der Waals surface area contributed by atoms with Gasteiger partial charge in [-0.05, 0) is 12.3 Å². The first-order valence-corrected chi connectivity index (χ1v) is 5.63. The molecule has 0 aliphatic heterocycles. The van der Waals surface area contributed by atoms with E-state index in [9.17, 15) is 0 Å². The van der Waals surface area contributed by atoms with E-state index in [1.54, 1.807) is 0 Å². The molecule has 2 nitrogen and oxygen atoms in total. The Balaban J connectivity index is 2.72. The van der Waals surface area contributed by atoms with Crippen molar-refractivity contribution < 1.29 is 0 Å². The fourth-order valence-corrected chi connectivity index (χ4v) is 2.02. The van der Waals surface area contributed by atoms with Gasteiger partial charge in [0.2, 0.25) is 0 Å². The third-order valence-corrected chi connectivity index (χ3v) is 2.97. The topological polar surface area (TPSA) is 28.8 Å². The average molecular weight is 204 g/mol. The van der Waals surface area contributed by atoms with E-state index >= 15 is 0 Å². The number of aromatic nitrogens is 1. The van der Waals surface area contributed by atoms with Crippen LogP contribution in [0.5, 0.6) is 0 Å². The summed E-state index contributed by atoms with van der Waals surface area (Å²) in [5, 5.41) is 9.61. The van der Waals surface area contributed by atoms with E-state index in [4.69, 9.17) is 5.41 Å². The molecule has 72 valence electrons. The molecule has 3 heteroatoms. The molecule has 0 aliphatic carbocycles. The number of benzene rings is 1. The monoisotopic (exact) mass is 204 g/mol. The molecule has 1 aromatic carbocycles. The Morgan fingerprint density at radius 2 is 2.07 bits per heavy atom. The van der Waals surface area contributed by atoms with Gasteiger partial charge in [-0.25, -0.2) is 0 Å². The lowest BCUT2D eigenvalue weighted by atomic mass is 10.2. The molecule has 0 atom stereocenters. The Morgan fingerprint density at radius 1 is 1.36 bits per heavy atom. The van der Waals surface area contributed by atoms with Crippen molar-refractivity contribution in [3.63, 3.8) is 0 Å². The number of rotatable bonds is 1. The number of hydrogen-bond acceptors (Lipinski definition) is 2. The zero-order valence-corrected chi connectivity index (χ0v) is 9.06. The van der Waals surface area contributed by atoms with Gasteiger partial charge >= 0.3 is 0 Å². The molecule has 0 bridgehead atoms. The van der Waals surface area contributed by atoms with Gasteiger partial charge in [-0.3, -0.25) is 5.41 Å². The van der Waals surface area contributed by atoms with Crippen molar-refractivity contribution in [2.45, 2.75) is 0 Å². The first-order valence-electron chi connectivity index (χ1n) is 4.41. The minimum Gasteiger partial charge on any atom is -0.350 e. The van der Waals surface area contributed by atoms with Crippen molar-refractivity contribution >= 4 is 27.7 Å². The van der Waals surface area contributed by atoms with Crippen molar-refractivity contribution in [1.29, 1.82) is 5.41 Å². The van der Waals surface area contributed by atoms with Gasteiger partial charge in [0.15, 0.2) is 0 Å². The molecular formula is C11H12N2S. The maximum absolute atomic E-state index is 7.82. The highest BCUT2D eigenvalue weighted by molar-refractivity contribution is 8.13. The molecule has 0 aliphatic rings. The largest absolute Gasteiger partial charge is 0.350 e. The molecule has 0 unspecified atom stereocenters. The summed E-state index contributed by atoms with van der Waals surface area (Å²) in [6, 6.07) is 8.18. The molecule has 0 spiro atoms.